The van der Waals surface area contributed by atoms with E-state index in [0.29, 0.717) is 23.6 Å². The third kappa shape index (κ3) is 5.58. The van der Waals surface area contributed by atoms with Crippen LogP contribution >= 0.6 is 0 Å². The second kappa shape index (κ2) is 9.61. The van der Waals surface area contributed by atoms with E-state index in [-0.39, 0.29) is 28.9 Å². The van der Waals surface area contributed by atoms with Gasteiger partial charge in [-0.25, -0.2) is 4.98 Å². The number of alkyl halides is 3. The summed E-state index contributed by atoms with van der Waals surface area (Å²) in [6.45, 7) is 8.48. The average molecular weight is 496 g/mol. The normalized spacial score (nSPS) is 30.6. The van der Waals surface area contributed by atoms with E-state index < -0.39 is 12.1 Å². The van der Waals surface area contributed by atoms with Crippen molar-refractivity contribution in [2.24, 2.45) is 28.0 Å². The third-order valence-electron chi connectivity index (χ3n) is 7.85. The Kier molecular flexibility index (Phi) is 7.07. The molecule has 35 heavy (non-hydrogen) atoms. The van der Waals surface area contributed by atoms with E-state index in [9.17, 15) is 13.2 Å². The van der Waals surface area contributed by atoms with Gasteiger partial charge in [-0.1, -0.05) is 6.92 Å². The average Bonchev–Trinajstić information content (AvgIpc) is 3.18. The van der Waals surface area contributed by atoms with Crippen molar-refractivity contribution < 1.29 is 22.6 Å². The summed E-state index contributed by atoms with van der Waals surface area (Å²) < 4.78 is 47.7. The molecule has 1 aliphatic heterocycles. The predicted molar refractivity (Wildman–Crippen MR) is 130 cm³/mol. The molecule has 7 nitrogen and oxygen atoms in total. The Morgan fingerprint density at radius 3 is 2.54 bits per heavy atom. The minimum Gasteiger partial charge on any atom is -0.402 e. The zero-order valence-corrected chi connectivity index (χ0v) is 20.8. The number of hydrogen-bond acceptors (Lipinski definition) is 7. The maximum Gasteiger partial charge on any atom is 0.573 e. The van der Waals surface area contributed by atoms with Crippen molar-refractivity contribution >= 4 is 17.2 Å². The smallest absolute Gasteiger partial charge is 0.402 e. The topological polar surface area (TPSA) is 99.0 Å². The highest BCUT2D eigenvalue weighted by Gasteiger charge is 2.67. The monoisotopic (exact) mass is 495 g/mol. The van der Waals surface area contributed by atoms with Crippen molar-refractivity contribution in [2.45, 2.75) is 71.0 Å². The van der Waals surface area contributed by atoms with Gasteiger partial charge in [0.05, 0.1) is 6.10 Å². The van der Waals surface area contributed by atoms with Crippen LogP contribution in [-0.4, -0.2) is 60.3 Å². The Morgan fingerprint density at radius 1 is 1.31 bits per heavy atom. The first-order valence-corrected chi connectivity index (χ1v) is 12.2. The summed E-state index contributed by atoms with van der Waals surface area (Å²) in [4.78, 5) is 11.3. The Bertz CT molecular complexity index is 988. The van der Waals surface area contributed by atoms with Crippen LogP contribution in [0.15, 0.2) is 23.3 Å². The van der Waals surface area contributed by atoms with E-state index >= 15 is 0 Å². The molecule has 4 rings (SSSR count). The van der Waals surface area contributed by atoms with E-state index in [1.807, 2.05) is 13.8 Å². The molecule has 2 unspecified atom stereocenters. The number of nitrogens with two attached hydrogens (primary N) is 2. The molecule has 1 saturated heterocycles. The number of pyridine rings is 1. The second-order valence-electron chi connectivity index (χ2n) is 10.6. The Balaban J connectivity index is 1.49. The number of halogens is 3. The van der Waals surface area contributed by atoms with Crippen molar-refractivity contribution in [3.63, 3.8) is 0 Å². The first-order chi connectivity index (χ1) is 16.4. The van der Waals surface area contributed by atoms with Gasteiger partial charge < -0.3 is 25.8 Å². The number of aliphatic imine (C=N–C) groups is 1. The van der Waals surface area contributed by atoms with Gasteiger partial charge in [0.25, 0.3) is 0 Å². The van der Waals surface area contributed by atoms with Gasteiger partial charge in [-0.05, 0) is 63.0 Å². The quantitative estimate of drug-likeness (QED) is 0.549. The molecule has 4 atom stereocenters. The van der Waals surface area contributed by atoms with Crippen LogP contribution in [0.1, 0.15) is 52.0 Å². The van der Waals surface area contributed by atoms with Gasteiger partial charge in [0.15, 0.2) is 11.6 Å². The summed E-state index contributed by atoms with van der Waals surface area (Å²) >= 11 is 0. The van der Waals surface area contributed by atoms with Crippen molar-refractivity contribution in [1.29, 1.82) is 0 Å². The maximum absolute atomic E-state index is 12.7. The van der Waals surface area contributed by atoms with Crippen LogP contribution in [0.25, 0.3) is 5.70 Å². The van der Waals surface area contributed by atoms with Gasteiger partial charge in [-0.15, -0.1) is 13.2 Å². The molecule has 194 valence electrons. The fraction of sp³-hybridized carbons (Fsp3) is 0.680. The second-order valence-corrected chi connectivity index (χ2v) is 10.6. The molecule has 2 saturated carbocycles. The molecule has 1 aromatic heterocycles. The number of anilines is 1. The van der Waals surface area contributed by atoms with Crippen LogP contribution in [0.4, 0.5) is 19.0 Å². The molecule has 1 aromatic rings. The lowest BCUT2D eigenvalue weighted by atomic mass is 9.93. The summed E-state index contributed by atoms with van der Waals surface area (Å²) in [7, 11) is 1.79. The molecule has 3 aliphatic rings. The number of methoxy groups -OCH3 is 1. The van der Waals surface area contributed by atoms with Crippen molar-refractivity contribution in [3.05, 3.63) is 23.9 Å². The summed E-state index contributed by atoms with van der Waals surface area (Å²) in [5.74, 6) is -0.115. The standard InChI is InChI=1S/C25H36F3N5O2/c1-14(2)32-20(11-19(29)15-9-21(23(30)31-13-15)35-25(26,27)28)22-18-10-16(12-24(18,22)3)33-7-5-17(34-4)6-8-33/h9,11,13-14,16-18,22H,5-8,10,12,29H2,1-4H3,(H2,30,31)/t16?,18-,22+,24?/m0/s1. The molecule has 10 heteroatoms. The third-order valence-corrected chi connectivity index (χ3v) is 7.85. The lowest BCUT2D eigenvalue weighted by Crippen LogP contribution is -2.43. The van der Waals surface area contributed by atoms with E-state index in [1.165, 1.54) is 12.3 Å². The molecule has 2 aliphatic carbocycles. The van der Waals surface area contributed by atoms with Crippen LogP contribution in [0, 0.1) is 17.3 Å². The first kappa shape index (κ1) is 25.8. The number of nitrogens with zero attached hydrogens (tertiary/aromatic N) is 3. The number of fused-ring (bicyclic) bond motifs is 1. The van der Waals surface area contributed by atoms with Crippen molar-refractivity contribution in [1.82, 2.24) is 9.88 Å². The minimum atomic E-state index is -4.87. The summed E-state index contributed by atoms with van der Waals surface area (Å²) in [5, 5.41) is 0. The summed E-state index contributed by atoms with van der Waals surface area (Å²) in [5.41, 5.74) is 13.5. The van der Waals surface area contributed by atoms with E-state index in [4.69, 9.17) is 21.2 Å². The highest BCUT2D eigenvalue weighted by molar-refractivity contribution is 6.04. The Morgan fingerprint density at radius 2 is 2.00 bits per heavy atom. The molecule has 0 bridgehead atoms. The largest absolute Gasteiger partial charge is 0.573 e. The number of ether oxygens (including phenoxy) is 2. The zero-order valence-electron chi connectivity index (χ0n) is 20.8. The Hall–Kier alpha value is -2.33. The lowest BCUT2D eigenvalue weighted by Gasteiger charge is -2.37. The fourth-order valence-corrected chi connectivity index (χ4v) is 6.09. The molecule has 3 fully saturated rings. The maximum atomic E-state index is 12.7. The molecular weight excluding hydrogens is 459 g/mol. The van der Waals surface area contributed by atoms with Gasteiger partial charge in [-0.3, -0.25) is 4.99 Å². The highest BCUT2D eigenvalue weighted by atomic mass is 19.4. The highest BCUT2D eigenvalue weighted by Crippen LogP contribution is 2.69. The fourth-order valence-electron chi connectivity index (χ4n) is 6.09. The van der Waals surface area contributed by atoms with Crippen LogP contribution < -0.4 is 16.2 Å². The number of aromatic nitrogens is 1. The van der Waals surface area contributed by atoms with E-state index in [1.54, 1.807) is 13.2 Å². The van der Waals surface area contributed by atoms with Crippen molar-refractivity contribution in [2.75, 3.05) is 25.9 Å². The summed E-state index contributed by atoms with van der Waals surface area (Å²) in [6.07, 6.45) is 3.03. The SMILES string of the molecule is COC1CCN(C2C[C@H]3[C@H](C(C=C(N)c4cnc(N)c(OC(F)(F)F)c4)=NC(C)C)C3(C)C2)CC1. The van der Waals surface area contributed by atoms with Crippen LogP contribution in [-0.2, 0) is 4.74 Å². The zero-order chi connectivity index (χ0) is 25.5. The van der Waals surface area contributed by atoms with Crippen molar-refractivity contribution in [3.8, 4) is 5.75 Å². The number of nitrogen functional groups attached to an aromatic ring is 1. The molecule has 0 aromatic carbocycles. The number of likely N-dealkylation sites (tertiary alicyclic amines) is 1. The molecule has 4 N–H and O–H groups in total. The van der Waals surface area contributed by atoms with Gasteiger partial charge >= 0.3 is 6.36 Å². The van der Waals surface area contributed by atoms with E-state index in [0.717, 1.165) is 44.5 Å². The molecular formula is C25H36F3N5O2. The first-order valence-electron chi connectivity index (χ1n) is 12.2. The van der Waals surface area contributed by atoms with Gasteiger partial charge in [0, 0.05) is 61.4 Å². The molecule has 2 heterocycles. The molecule has 0 radical (unpaired) electrons. The number of rotatable bonds is 7. The number of piperidine rings is 1. The summed E-state index contributed by atoms with van der Waals surface area (Å²) in [6, 6.07) is 1.81. The van der Waals surface area contributed by atoms with Crippen LogP contribution in [0.2, 0.25) is 0 Å². The van der Waals surface area contributed by atoms with Crippen LogP contribution in [0.5, 0.6) is 5.75 Å². The number of allylic oxidation sites excluding steroid dienone is 1. The minimum absolute atomic E-state index is 0.0662. The van der Waals surface area contributed by atoms with Gasteiger partial charge in [0.1, 0.15) is 0 Å². The lowest BCUT2D eigenvalue weighted by molar-refractivity contribution is -0.274. The number of hydrogen-bond donors (Lipinski definition) is 2. The Labute approximate surface area is 204 Å². The van der Waals surface area contributed by atoms with E-state index in [2.05, 4.69) is 21.5 Å². The predicted octanol–water partition coefficient (Wildman–Crippen LogP) is 4.24. The molecule has 0 spiro atoms. The van der Waals surface area contributed by atoms with Gasteiger partial charge in [0.2, 0.25) is 0 Å². The van der Waals surface area contributed by atoms with Crippen LogP contribution in [0.3, 0.4) is 0 Å². The molecule has 0 amide bonds. The van der Waals surface area contributed by atoms with Gasteiger partial charge in [-0.2, -0.15) is 0 Å².